The first-order valence-electron chi connectivity index (χ1n) is 9.77. The second-order valence-corrected chi connectivity index (χ2v) is 8.33. The predicted molar refractivity (Wildman–Crippen MR) is 120 cm³/mol. The van der Waals surface area contributed by atoms with E-state index in [0.29, 0.717) is 32.3 Å². The third-order valence-corrected chi connectivity index (χ3v) is 5.87. The fourth-order valence-corrected chi connectivity index (χ4v) is 4.33. The second-order valence-electron chi connectivity index (χ2n) is 7.24. The number of nitriles is 1. The van der Waals surface area contributed by atoms with Crippen LogP contribution < -0.4 is 16.8 Å². The molecule has 0 spiro atoms. The number of guanidine groups is 1. The highest BCUT2D eigenvalue weighted by atomic mass is 32.1. The number of thiazole rings is 1. The Balaban J connectivity index is 1.62. The number of carbonyl (C=O) groups is 2. The zero-order chi connectivity index (χ0) is 23.5. The summed E-state index contributed by atoms with van der Waals surface area (Å²) in [6.07, 6.45) is 1.54. The Morgan fingerprint density at radius 1 is 1.27 bits per heavy atom. The molecule has 166 valence electrons. The lowest BCUT2D eigenvalue weighted by Crippen LogP contribution is -2.38. The second kappa shape index (κ2) is 9.05. The van der Waals surface area contributed by atoms with E-state index in [1.165, 1.54) is 40.6 Å². The Kier molecular flexibility index (Phi) is 6.01. The monoisotopic (exact) mass is 463 g/mol. The highest BCUT2D eigenvalue weighted by molar-refractivity contribution is 7.15. The van der Waals surface area contributed by atoms with E-state index >= 15 is 0 Å². The number of carbonyl (C=O) groups excluding carboxylic acids is 2. The van der Waals surface area contributed by atoms with Gasteiger partial charge in [-0.1, -0.05) is 23.5 Å². The number of nitrogens with one attached hydrogen (secondary N) is 1. The van der Waals surface area contributed by atoms with Crippen molar-refractivity contribution in [3.8, 4) is 6.07 Å². The lowest BCUT2D eigenvalue weighted by atomic mass is 10.0. The fourth-order valence-electron chi connectivity index (χ4n) is 3.53. The van der Waals surface area contributed by atoms with Crippen LogP contribution in [0.15, 0.2) is 53.7 Å². The summed E-state index contributed by atoms with van der Waals surface area (Å²) in [4.78, 5) is 36.5. The molecule has 3 aromatic rings. The Hall–Kier alpha value is -4.30. The normalized spacial score (nSPS) is 14.5. The van der Waals surface area contributed by atoms with Crippen molar-refractivity contribution in [3.63, 3.8) is 0 Å². The van der Waals surface area contributed by atoms with Crippen LogP contribution in [0.3, 0.4) is 0 Å². The molecule has 1 aromatic heterocycles. The summed E-state index contributed by atoms with van der Waals surface area (Å²) in [5.41, 5.74) is 12.6. The lowest BCUT2D eigenvalue weighted by molar-refractivity contribution is -0.125. The number of benzene rings is 2. The lowest BCUT2D eigenvalue weighted by Gasteiger charge is -2.24. The van der Waals surface area contributed by atoms with Gasteiger partial charge >= 0.3 is 0 Å². The Morgan fingerprint density at radius 2 is 2.03 bits per heavy atom. The van der Waals surface area contributed by atoms with Gasteiger partial charge in [-0.15, -0.1) is 0 Å². The Bertz CT molecular complexity index is 1290. The van der Waals surface area contributed by atoms with E-state index in [0.717, 1.165) is 0 Å². The van der Waals surface area contributed by atoms with E-state index in [1.807, 2.05) is 6.07 Å². The van der Waals surface area contributed by atoms with E-state index in [9.17, 15) is 19.2 Å². The van der Waals surface area contributed by atoms with Gasteiger partial charge in [0, 0.05) is 23.2 Å². The van der Waals surface area contributed by atoms with Crippen molar-refractivity contribution >= 4 is 34.2 Å². The van der Waals surface area contributed by atoms with Crippen LogP contribution in [-0.2, 0) is 17.9 Å². The standard InChI is InChI=1S/C22H18FN7O2S/c23-14-4-1-12(2-5-14)9-27-19(31)18-17-7-13(8-24)3-6-16(17)20(32)30(18)11-15-10-28-22(33-15)29-21(25)26/h1-7,10,18H,9,11H2,(H,27,31)(H4,25,26,28,29). The number of rotatable bonds is 6. The van der Waals surface area contributed by atoms with Crippen LogP contribution in [0.2, 0.25) is 0 Å². The summed E-state index contributed by atoms with van der Waals surface area (Å²) in [6, 6.07) is 11.5. The molecule has 9 nitrogen and oxygen atoms in total. The molecule has 33 heavy (non-hydrogen) atoms. The number of nitrogens with zero attached hydrogens (tertiary/aromatic N) is 4. The highest BCUT2D eigenvalue weighted by Crippen LogP contribution is 2.37. The van der Waals surface area contributed by atoms with Gasteiger partial charge in [-0.2, -0.15) is 10.3 Å². The fraction of sp³-hybridized carbons (Fsp3) is 0.136. The van der Waals surface area contributed by atoms with Gasteiger partial charge in [0.05, 0.1) is 18.2 Å². The molecule has 1 atom stereocenters. The quantitative estimate of drug-likeness (QED) is 0.376. The number of aliphatic imine (C=N–C) groups is 1. The van der Waals surface area contributed by atoms with Crippen LogP contribution in [0.4, 0.5) is 9.52 Å². The Morgan fingerprint density at radius 3 is 2.73 bits per heavy atom. The number of halogens is 1. The molecule has 0 bridgehead atoms. The minimum Gasteiger partial charge on any atom is -0.370 e. The highest BCUT2D eigenvalue weighted by Gasteiger charge is 2.41. The van der Waals surface area contributed by atoms with Crippen LogP contribution in [0, 0.1) is 17.1 Å². The molecule has 1 unspecified atom stereocenters. The van der Waals surface area contributed by atoms with Gasteiger partial charge < -0.3 is 21.7 Å². The topological polar surface area (TPSA) is 150 Å². The minimum absolute atomic E-state index is 0.0989. The van der Waals surface area contributed by atoms with Gasteiger partial charge in [0.2, 0.25) is 11.0 Å². The van der Waals surface area contributed by atoms with Gasteiger partial charge in [-0.25, -0.2) is 9.37 Å². The number of nitrogens with two attached hydrogens (primary N) is 2. The van der Waals surface area contributed by atoms with E-state index in [-0.39, 0.29) is 30.8 Å². The number of aromatic nitrogens is 1. The third-order valence-electron chi connectivity index (χ3n) is 5.00. The first-order chi connectivity index (χ1) is 15.9. The van der Waals surface area contributed by atoms with Crippen LogP contribution >= 0.6 is 11.3 Å². The van der Waals surface area contributed by atoms with Crippen molar-refractivity contribution in [1.82, 2.24) is 15.2 Å². The molecule has 1 aliphatic heterocycles. The SMILES string of the molecule is N#Cc1ccc2c(c1)C(C(=O)NCc1ccc(F)cc1)N(Cc1cnc(N=C(N)N)s1)C2=O. The average molecular weight is 463 g/mol. The van der Waals surface area contributed by atoms with E-state index < -0.39 is 11.9 Å². The van der Waals surface area contributed by atoms with Gasteiger partial charge in [0.25, 0.3) is 5.91 Å². The van der Waals surface area contributed by atoms with Crippen LogP contribution in [0.1, 0.15) is 38.0 Å². The third kappa shape index (κ3) is 4.65. The van der Waals surface area contributed by atoms with Gasteiger partial charge in [-0.3, -0.25) is 9.59 Å². The summed E-state index contributed by atoms with van der Waals surface area (Å²) in [5.74, 6) is -1.27. The Labute approximate surface area is 192 Å². The van der Waals surface area contributed by atoms with Crippen molar-refractivity contribution in [2.75, 3.05) is 0 Å². The smallest absolute Gasteiger partial charge is 0.255 e. The molecule has 0 saturated carbocycles. The summed E-state index contributed by atoms with van der Waals surface area (Å²) in [6.45, 7) is 0.252. The molecule has 11 heteroatoms. The van der Waals surface area contributed by atoms with Crippen LogP contribution in [0.25, 0.3) is 0 Å². The average Bonchev–Trinajstić information content (AvgIpc) is 3.34. The predicted octanol–water partition coefficient (Wildman–Crippen LogP) is 2.07. The van der Waals surface area contributed by atoms with E-state index in [1.54, 1.807) is 24.3 Å². The van der Waals surface area contributed by atoms with Gasteiger partial charge in [0.1, 0.15) is 11.9 Å². The molecule has 1 aliphatic rings. The van der Waals surface area contributed by atoms with Crippen molar-refractivity contribution in [1.29, 1.82) is 5.26 Å². The minimum atomic E-state index is -0.949. The van der Waals surface area contributed by atoms with Crippen molar-refractivity contribution < 1.29 is 14.0 Å². The first-order valence-corrected chi connectivity index (χ1v) is 10.6. The molecule has 0 fully saturated rings. The van der Waals surface area contributed by atoms with Crippen molar-refractivity contribution in [2.45, 2.75) is 19.1 Å². The largest absolute Gasteiger partial charge is 0.370 e. The van der Waals surface area contributed by atoms with Gasteiger partial charge in [0.15, 0.2) is 5.96 Å². The van der Waals surface area contributed by atoms with Crippen molar-refractivity contribution in [2.24, 2.45) is 16.5 Å². The number of hydrogen-bond donors (Lipinski definition) is 3. The molecule has 2 heterocycles. The van der Waals surface area contributed by atoms with Crippen LogP contribution in [0.5, 0.6) is 0 Å². The maximum Gasteiger partial charge on any atom is 0.255 e. The molecule has 0 saturated heterocycles. The summed E-state index contributed by atoms with van der Waals surface area (Å²) in [5, 5.41) is 12.4. The molecule has 4 rings (SSSR count). The van der Waals surface area contributed by atoms with Crippen LogP contribution in [-0.4, -0.2) is 27.7 Å². The molecular weight excluding hydrogens is 445 g/mol. The number of hydrogen-bond acceptors (Lipinski definition) is 6. The number of fused-ring (bicyclic) bond motifs is 1. The summed E-state index contributed by atoms with van der Waals surface area (Å²) >= 11 is 1.19. The molecule has 2 aromatic carbocycles. The first kappa shape index (κ1) is 21.9. The maximum absolute atomic E-state index is 13.2. The molecule has 5 N–H and O–H groups in total. The molecule has 2 amide bonds. The maximum atomic E-state index is 13.2. The van der Waals surface area contributed by atoms with E-state index in [2.05, 4.69) is 15.3 Å². The molecule has 0 radical (unpaired) electrons. The zero-order valence-electron chi connectivity index (χ0n) is 17.2. The van der Waals surface area contributed by atoms with Crippen molar-refractivity contribution in [3.05, 3.63) is 81.6 Å². The van der Waals surface area contributed by atoms with Gasteiger partial charge in [-0.05, 0) is 41.5 Å². The van der Waals surface area contributed by atoms with E-state index in [4.69, 9.17) is 11.5 Å². The summed E-state index contributed by atoms with van der Waals surface area (Å²) in [7, 11) is 0. The molecule has 0 aliphatic carbocycles. The summed E-state index contributed by atoms with van der Waals surface area (Å²) < 4.78 is 13.2. The zero-order valence-corrected chi connectivity index (χ0v) is 18.0. The number of amides is 2. The molecular formula is C22H18FN7O2S.